The van der Waals surface area contributed by atoms with Gasteiger partial charge in [0, 0.05) is 18.2 Å². The number of aromatic nitrogens is 2. The fourth-order valence-corrected chi connectivity index (χ4v) is 4.63. The standard InChI is InChI=1S/C21H27N3O2/c1-3-10-24-19(21(25)22-17-12-14-8-9-15(17)11-14)13-18(23-24)16-6-4-5-7-20(16)26-2/h4-7,13-15,17H,3,8-12H2,1-2H3,(H,22,25)/t14-,15-,17-/m0/s1. The number of fused-ring (bicyclic) bond motifs is 2. The van der Waals surface area contributed by atoms with Crippen molar-refractivity contribution in [3.05, 3.63) is 36.0 Å². The summed E-state index contributed by atoms with van der Waals surface area (Å²) in [5.41, 5.74) is 2.35. The minimum absolute atomic E-state index is 0.00430. The van der Waals surface area contributed by atoms with E-state index in [-0.39, 0.29) is 5.91 Å². The Morgan fingerprint density at radius 1 is 1.31 bits per heavy atom. The summed E-state index contributed by atoms with van der Waals surface area (Å²) in [7, 11) is 1.66. The average Bonchev–Trinajstić information content (AvgIpc) is 3.37. The molecule has 5 heteroatoms. The quantitative estimate of drug-likeness (QED) is 0.857. The molecule has 1 aromatic carbocycles. The maximum Gasteiger partial charge on any atom is 0.269 e. The molecule has 2 bridgehead atoms. The summed E-state index contributed by atoms with van der Waals surface area (Å²) >= 11 is 0. The van der Waals surface area contributed by atoms with E-state index in [0.717, 1.165) is 42.3 Å². The van der Waals surface area contributed by atoms with Gasteiger partial charge >= 0.3 is 0 Å². The van der Waals surface area contributed by atoms with Crippen LogP contribution in [0, 0.1) is 11.8 Å². The van der Waals surface area contributed by atoms with E-state index in [1.165, 1.54) is 19.3 Å². The van der Waals surface area contributed by atoms with E-state index in [4.69, 9.17) is 9.84 Å². The van der Waals surface area contributed by atoms with E-state index in [2.05, 4.69) is 12.2 Å². The van der Waals surface area contributed by atoms with Crippen LogP contribution < -0.4 is 10.1 Å². The normalized spacial score (nSPS) is 24.0. The molecule has 0 unspecified atom stereocenters. The molecule has 3 atom stereocenters. The Hall–Kier alpha value is -2.30. The van der Waals surface area contributed by atoms with Gasteiger partial charge in [-0.3, -0.25) is 9.48 Å². The third-order valence-corrected chi connectivity index (χ3v) is 5.89. The molecule has 0 radical (unpaired) electrons. The van der Waals surface area contributed by atoms with Gasteiger partial charge in [0.1, 0.15) is 11.4 Å². The predicted octanol–water partition coefficient (Wildman–Crippen LogP) is 3.89. The first kappa shape index (κ1) is 17.1. The lowest BCUT2D eigenvalue weighted by Gasteiger charge is -2.22. The lowest BCUT2D eigenvalue weighted by atomic mass is 9.95. The summed E-state index contributed by atoms with van der Waals surface area (Å²) in [5, 5.41) is 7.99. The zero-order valence-corrected chi connectivity index (χ0v) is 15.6. The molecule has 2 aliphatic carbocycles. The molecule has 2 fully saturated rings. The zero-order valence-electron chi connectivity index (χ0n) is 15.6. The second-order valence-electron chi connectivity index (χ2n) is 7.59. The van der Waals surface area contributed by atoms with Crippen molar-refractivity contribution in [1.29, 1.82) is 0 Å². The molecule has 26 heavy (non-hydrogen) atoms. The Labute approximate surface area is 154 Å². The largest absolute Gasteiger partial charge is 0.496 e. The van der Waals surface area contributed by atoms with E-state index in [0.29, 0.717) is 17.7 Å². The van der Waals surface area contributed by atoms with Gasteiger partial charge in [-0.25, -0.2) is 0 Å². The van der Waals surface area contributed by atoms with Gasteiger partial charge < -0.3 is 10.1 Å². The summed E-state index contributed by atoms with van der Waals surface area (Å²) in [6.45, 7) is 2.83. The van der Waals surface area contributed by atoms with Crippen LogP contribution in [0.2, 0.25) is 0 Å². The zero-order chi connectivity index (χ0) is 18.1. The van der Waals surface area contributed by atoms with Crippen molar-refractivity contribution in [2.45, 2.75) is 51.6 Å². The maximum absolute atomic E-state index is 13.0. The lowest BCUT2D eigenvalue weighted by molar-refractivity contribution is 0.0911. The van der Waals surface area contributed by atoms with Gasteiger partial charge in [0.05, 0.1) is 12.8 Å². The van der Waals surface area contributed by atoms with Crippen LogP contribution in [0.3, 0.4) is 0 Å². The average molecular weight is 353 g/mol. The predicted molar refractivity (Wildman–Crippen MR) is 101 cm³/mol. The highest BCUT2D eigenvalue weighted by Crippen LogP contribution is 2.44. The van der Waals surface area contributed by atoms with Crippen molar-refractivity contribution in [2.75, 3.05) is 7.11 Å². The number of benzene rings is 1. The summed E-state index contributed by atoms with van der Waals surface area (Å²) in [4.78, 5) is 13.0. The van der Waals surface area contributed by atoms with Crippen LogP contribution >= 0.6 is 0 Å². The number of nitrogens with zero attached hydrogens (tertiary/aromatic N) is 2. The number of ether oxygens (including phenoxy) is 1. The van der Waals surface area contributed by atoms with Crippen molar-refractivity contribution in [3.8, 4) is 17.0 Å². The second-order valence-corrected chi connectivity index (χ2v) is 7.59. The topological polar surface area (TPSA) is 56.2 Å². The molecule has 0 aliphatic heterocycles. The Bertz CT molecular complexity index is 798. The lowest BCUT2D eigenvalue weighted by Crippen LogP contribution is -2.39. The first-order valence-corrected chi connectivity index (χ1v) is 9.71. The van der Waals surface area contributed by atoms with E-state index in [1.54, 1.807) is 7.11 Å². The number of carbonyl (C=O) groups excluding carboxylic acids is 1. The molecular formula is C21H27N3O2. The van der Waals surface area contributed by atoms with Crippen LogP contribution in [-0.4, -0.2) is 28.8 Å². The van der Waals surface area contributed by atoms with Crippen molar-refractivity contribution in [2.24, 2.45) is 11.8 Å². The molecule has 0 spiro atoms. The van der Waals surface area contributed by atoms with Gasteiger partial charge in [-0.05, 0) is 55.7 Å². The number of nitrogens with one attached hydrogen (secondary N) is 1. The van der Waals surface area contributed by atoms with Crippen LogP contribution in [0.5, 0.6) is 5.75 Å². The Kier molecular flexibility index (Phi) is 4.70. The molecule has 1 N–H and O–H groups in total. The van der Waals surface area contributed by atoms with Crippen molar-refractivity contribution >= 4 is 5.91 Å². The molecule has 2 saturated carbocycles. The summed E-state index contributed by atoms with van der Waals surface area (Å²) in [6, 6.07) is 10.0. The molecule has 1 aromatic heterocycles. The summed E-state index contributed by atoms with van der Waals surface area (Å²) in [5.74, 6) is 2.26. The molecule has 2 aliphatic rings. The third-order valence-electron chi connectivity index (χ3n) is 5.89. The molecule has 1 heterocycles. The number of para-hydroxylation sites is 1. The van der Waals surface area contributed by atoms with E-state index >= 15 is 0 Å². The smallest absolute Gasteiger partial charge is 0.269 e. The minimum Gasteiger partial charge on any atom is -0.496 e. The minimum atomic E-state index is 0.00430. The summed E-state index contributed by atoms with van der Waals surface area (Å²) in [6.07, 6.45) is 5.95. The van der Waals surface area contributed by atoms with Gasteiger partial charge in [-0.2, -0.15) is 5.10 Å². The highest BCUT2D eigenvalue weighted by molar-refractivity contribution is 5.94. The molecular weight excluding hydrogens is 326 g/mol. The number of hydrogen-bond acceptors (Lipinski definition) is 3. The fraction of sp³-hybridized carbons (Fsp3) is 0.524. The number of carbonyl (C=O) groups is 1. The van der Waals surface area contributed by atoms with Gasteiger partial charge in [0.15, 0.2) is 0 Å². The first-order valence-electron chi connectivity index (χ1n) is 9.71. The molecule has 5 nitrogen and oxygen atoms in total. The highest BCUT2D eigenvalue weighted by atomic mass is 16.5. The van der Waals surface area contributed by atoms with Gasteiger partial charge in [0.25, 0.3) is 5.91 Å². The van der Waals surface area contributed by atoms with Crippen molar-refractivity contribution in [3.63, 3.8) is 0 Å². The molecule has 2 aromatic rings. The van der Waals surface area contributed by atoms with E-state index < -0.39 is 0 Å². The number of aryl methyl sites for hydroxylation is 1. The number of amides is 1. The van der Waals surface area contributed by atoms with Crippen LogP contribution in [0.4, 0.5) is 0 Å². The Balaban J connectivity index is 1.60. The maximum atomic E-state index is 13.0. The third kappa shape index (κ3) is 3.11. The van der Waals surface area contributed by atoms with Gasteiger partial charge in [-0.1, -0.05) is 25.5 Å². The van der Waals surface area contributed by atoms with Crippen LogP contribution in [0.25, 0.3) is 11.3 Å². The monoisotopic (exact) mass is 353 g/mol. The molecule has 138 valence electrons. The molecule has 0 saturated heterocycles. The number of methoxy groups -OCH3 is 1. The highest BCUT2D eigenvalue weighted by Gasteiger charge is 2.40. The van der Waals surface area contributed by atoms with Crippen LogP contribution in [0.15, 0.2) is 30.3 Å². The van der Waals surface area contributed by atoms with E-state index in [1.807, 2.05) is 35.0 Å². The Morgan fingerprint density at radius 2 is 2.15 bits per heavy atom. The first-order chi connectivity index (χ1) is 12.7. The summed E-state index contributed by atoms with van der Waals surface area (Å²) < 4.78 is 7.30. The number of hydrogen-bond donors (Lipinski definition) is 1. The van der Waals surface area contributed by atoms with Crippen LogP contribution in [-0.2, 0) is 6.54 Å². The van der Waals surface area contributed by atoms with Crippen LogP contribution in [0.1, 0.15) is 49.5 Å². The second kappa shape index (κ2) is 7.14. The van der Waals surface area contributed by atoms with Crippen molar-refractivity contribution in [1.82, 2.24) is 15.1 Å². The Morgan fingerprint density at radius 3 is 2.85 bits per heavy atom. The van der Waals surface area contributed by atoms with Crippen molar-refractivity contribution < 1.29 is 9.53 Å². The molecule has 4 rings (SSSR count). The molecule has 1 amide bonds. The van der Waals surface area contributed by atoms with E-state index in [9.17, 15) is 4.79 Å². The van der Waals surface area contributed by atoms with Gasteiger partial charge in [0.2, 0.25) is 0 Å². The fourth-order valence-electron chi connectivity index (χ4n) is 4.63. The number of rotatable bonds is 6. The SMILES string of the molecule is CCCn1nc(-c2ccccc2OC)cc1C(=O)N[C@H]1C[C@H]2CC[C@H]1C2. The van der Waals surface area contributed by atoms with Gasteiger partial charge in [-0.15, -0.1) is 0 Å².